The number of para-hydroxylation sites is 2. The van der Waals surface area contributed by atoms with Crippen LogP contribution in [-0.2, 0) is 19.4 Å². The third-order valence-corrected chi connectivity index (χ3v) is 7.04. The van der Waals surface area contributed by atoms with Crippen LogP contribution in [0, 0.1) is 0 Å². The molecule has 10 heteroatoms. The second-order valence-corrected chi connectivity index (χ2v) is 9.84. The van der Waals surface area contributed by atoms with Gasteiger partial charge in [0.25, 0.3) is 0 Å². The molecule has 4 N–H and O–H groups in total. The third-order valence-electron chi connectivity index (χ3n) is 5.41. The van der Waals surface area contributed by atoms with Crippen LogP contribution in [0.1, 0.15) is 0 Å². The normalized spacial score (nSPS) is 12.5. The molecule has 3 aromatic carbocycles. The molecular weight excluding hydrogens is 488 g/mol. The summed E-state index contributed by atoms with van der Waals surface area (Å²) in [5.74, 6) is 0.549. The first-order chi connectivity index (χ1) is 17.0. The van der Waals surface area contributed by atoms with Crippen LogP contribution < -0.4 is 15.5 Å². The van der Waals surface area contributed by atoms with Crippen LogP contribution in [0.15, 0.2) is 105 Å². The average molecular weight is 508 g/mol. The van der Waals surface area contributed by atoms with E-state index in [9.17, 15) is 8.42 Å². The zero-order valence-corrected chi connectivity index (χ0v) is 19.7. The lowest BCUT2D eigenvalue weighted by molar-refractivity contribution is -0.432. The number of hydrogen-bond donors (Lipinski definition) is 3. The fourth-order valence-electron chi connectivity index (χ4n) is 3.98. The summed E-state index contributed by atoms with van der Waals surface area (Å²) in [5, 5.41) is 19.2. The Hall–Kier alpha value is -3.51. The van der Waals surface area contributed by atoms with E-state index < -0.39 is 10.0 Å². The van der Waals surface area contributed by atoms with Crippen molar-refractivity contribution in [2.45, 2.75) is 9.79 Å². The molecule has 2 aliphatic rings. The van der Waals surface area contributed by atoms with Gasteiger partial charge in [0.2, 0.25) is 21.1 Å². The number of rotatable bonds is 6. The zero-order chi connectivity index (χ0) is 24.4. The van der Waals surface area contributed by atoms with Crippen molar-refractivity contribution < 1.29 is 32.5 Å². The lowest BCUT2D eigenvalue weighted by atomic mass is 9.94. The van der Waals surface area contributed by atoms with E-state index in [1.165, 1.54) is 6.07 Å². The monoisotopic (exact) mass is 507 g/mol. The fourth-order valence-corrected chi connectivity index (χ4v) is 5.17. The third kappa shape index (κ3) is 4.71. The molecule has 0 spiro atoms. The van der Waals surface area contributed by atoms with Crippen LogP contribution in [0.4, 0.5) is 5.69 Å². The van der Waals surface area contributed by atoms with Crippen molar-refractivity contribution in [3.05, 3.63) is 96.4 Å². The van der Waals surface area contributed by atoms with Crippen molar-refractivity contribution in [3.8, 4) is 22.5 Å². The molecule has 8 nitrogen and oxygen atoms in total. The van der Waals surface area contributed by atoms with Crippen molar-refractivity contribution in [1.29, 1.82) is 0 Å². The van der Waals surface area contributed by atoms with E-state index in [1.807, 2.05) is 60.7 Å². The summed E-state index contributed by atoms with van der Waals surface area (Å²) in [4.78, 5) is 4.02. The zero-order valence-electron chi connectivity index (χ0n) is 18.0. The number of sulfonamides is 1. The maximum atomic E-state index is 12.4. The minimum absolute atomic E-state index is 0.0388. The van der Waals surface area contributed by atoms with E-state index in [-0.39, 0.29) is 4.90 Å². The smallest absolute Gasteiger partial charge is 0.238 e. The van der Waals surface area contributed by atoms with Gasteiger partial charge in [0.1, 0.15) is 16.2 Å². The van der Waals surface area contributed by atoms with Crippen LogP contribution in [0.5, 0.6) is 0 Å². The molecule has 1 heterocycles. The van der Waals surface area contributed by atoms with E-state index >= 15 is 0 Å². The first kappa shape index (κ1) is 23.2. The molecule has 3 aromatic rings. The number of fused-ring (bicyclic) bond motifs is 2. The molecule has 1 aliphatic heterocycles. The summed E-state index contributed by atoms with van der Waals surface area (Å²) in [6.45, 7) is 0. The largest absolute Gasteiger partial charge is 0.456 e. The molecule has 0 atom stereocenters. The van der Waals surface area contributed by atoms with E-state index in [1.54, 1.807) is 24.3 Å². The summed E-state index contributed by atoms with van der Waals surface area (Å²) < 4.78 is 35.5. The molecule has 0 fully saturated rings. The molecular formula is C25H19N2O6S2+. The van der Waals surface area contributed by atoms with Crippen molar-refractivity contribution in [2.75, 3.05) is 0 Å². The predicted octanol–water partition coefficient (Wildman–Crippen LogP) is 3.59. The highest BCUT2D eigenvalue weighted by Gasteiger charge is 2.22. The van der Waals surface area contributed by atoms with Gasteiger partial charge in [-0.05, 0) is 24.3 Å². The SMILES string of the molecule is NS(=O)(=O)c1ccccc1-c1c2ccc(=[NH+]c3ccccc3SOOO)cc-2oc2ccccc12. The van der Waals surface area contributed by atoms with Gasteiger partial charge in [0.15, 0.2) is 0 Å². The molecule has 0 saturated carbocycles. The number of nitrogens with one attached hydrogen (secondary N) is 1. The Morgan fingerprint density at radius 3 is 2.46 bits per heavy atom. The van der Waals surface area contributed by atoms with Crippen LogP contribution in [0.2, 0.25) is 0 Å². The molecule has 0 bridgehead atoms. The maximum Gasteiger partial charge on any atom is 0.238 e. The average Bonchev–Trinajstić information content (AvgIpc) is 2.86. The molecule has 0 amide bonds. The van der Waals surface area contributed by atoms with Gasteiger partial charge in [0.05, 0.1) is 23.0 Å². The number of hydrogen-bond acceptors (Lipinski definition) is 7. The minimum Gasteiger partial charge on any atom is -0.456 e. The number of primary sulfonamides is 1. The Morgan fingerprint density at radius 2 is 1.63 bits per heavy atom. The molecule has 5 rings (SSSR count). The second-order valence-electron chi connectivity index (χ2n) is 7.57. The van der Waals surface area contributed by atoms with Crippen molar-refractivity contribution in [1.82, 2.24) is 0 Å². The number of benzene rings is 4. The Balaban J connectivity index is 1.77. The van der Waals surface area contributed by atoms with Crippen LogP contribution >= 0.6 is 12.0 Å². The van der Waals surface area contributed by atoms with E-state index in [4.69, 9.17) is 14.8 Å². The Labute approximate surface area is 204 Å². The predicted molar refractivity (Wildman–Crippen MR) is 131 cm³/mol. The Bertz CT molecular complexity index is 1680. The van der Waals surface area contributed by atoms with Gasteiger partial charge in [-0.1, -0.05) is 53.6 Å². The molecule has 0 unspecified atom stereocenters. The van der Waals surface area contributed by atoms with Gasteiger partial charge in [0, 0.05) is 34.2 Å². The van der Waals surface area contributed by atoms with Crippen molar-refractivity contribution in [3.63, 3.8) is 0 Å². The highest BCUT2D eigenvalue weighted by Crippen LogP contribution is 2.41. The summed E-state index contributed by atoms with van der Waals surface area (Å²) in [6, 6.07) is 27.0. The maximum absolute atomic E-state index is 12.4. The van der Waals surface area contributed by atoms with Crippen LogP contribution in [0.3, 0.4) is 0 Å². The summed E-state index contributed by atoms with van der Waals surface area (Å²) in [5.41, 5.74) is 3.25. The van der Waals surface area contributed by atoms with Gasteiger partial charge in [-0.3, -0.25) is 0 Å². The van der Waals surface area contributed by atoms with Crippen LogP contribution in [-0.4, -0.2) is 13.7 Å². The van der Waals surface area contributed by atoms with Crippen molar-refractivity contribution >= 4 is 38.7 Å². The lowest BCUT2D eigenvalue weighted by Crippen LogP contribution is -2.70. The topological polar surface area (TPSA) is 126 Å². The highest BCUT2D eigenvalue weighted by molar-refractivity contribution is 7.94. The molecule has 0 saturated heterocycles. The quantitative estimate of drug-likeness (QED) is 0.139. The first-order valence-electron chi connectivity index (χ1n) is 10.4. The molecule has 1 aliphatic carbocycles. The standard InChI is InChI=1S/C25H18N2O6S2/c26-35(29,30)24-12-6-2-8-19(24)25-17-7-1-4-10-21(17)31-22-15-16(13-14-18(22)25)27-20-9-3-5-11-23(20)34-33-32-28/h1-15,28H,(H2,26,29,30)/p+1. The van der Waals surface area contributed by atoms with Gasteiger partial charge >= 0.3 is 0 Å². The van der Waals surface area contributed by atoms with Gasteiger partial charge < -0.3 is 4.42 Å². The highest BCUT2D eigenvalue weighted by atomic mass is 32.2. The molecule has 0 radical (unpaired) electrons. The molecule has 0 aromatic heterocycles. The second kappa shape index (κ2) is 9.62. The Kier molecular flexibility index (Phi) is 6.39. The van der Waals surface area contributed by atoms with E-state index in [0.717, 1.165) is 34.0 Å². The van der Waals surface area contributed by atoms with E-state index in [2.05, 4.69) is 14.4 Å². The molecule has 35 heavy (non-hydrogen) atoms. The number of nitrogens with two attached hydrogens (primary N) is 1. The van der Waals surface area contributed by atoms with Gasteiger partial charge in [-0.15, -0.1) is 4.33 Å². The minimum atomic E-state index is -3.97. The van der Waals surface area contributed by atoms with Crippen molar-refractivity contribution in [2.24, 2.45) is 5.14 Å². The summed E-state index contributed by atoms with van der Waals surface area (Å²) >= 11 is 0.849. The Morgan fingerprint density at radius 1 is 0.886 bits per heavy atom. The summed E-state index contributed by atoms with van der Waals surface area (Å²) in [6.07, 6.45) is 0. The van der Waals surface area contributed by atoms with Gasteiger partial charge in [-0.25, -0.2) is 23.8 Å². The molecule has 176 valence electrons. The lowest BCUT2D eigenvalue weighted by Gasteiger charge is -2.16. The first-order valence-corrected chi connectivity index (χ1v) is 12.7. The van der Waals surface area contributed by atoms with Crippen LogP contribution in [0.25, 0.3) is 33.4 Å². The van der Waals surface area contributed by atoms with E-state index in [0.29, 0.717) is 27.4 Å². The van der Waals surface area contributed by atoms with Gasteiger partial charge in [-0.2, -0.15) is 0 Å². The summed E-state index contributed by atoms with van der Waals surface area (Å²) in [7, 11) is -3.97. The fraction of sp³-hybridized carbons (Fsp3) is 0.